The van der Waals surface area contributed by atoms with Gasteiger partial charge < -0.3 is 10.2 Å². The molecule has 6 heteroatoms. The number of benzene rings is 1. The summed E-state index contributed by atoms with van der Waals surface area (Å²) in [5, 5.41) is 3.39. The summed E-state index contributed by atoms with van der Waals surface area (Å²) in [6.45, 7) is 3.53. The lowest BCUT2D eigenvalue weighted by Gasteiger charge is -2.39. The molecule has 0 saturated carbocycles. The fraction of sp³-hybridized carbons (Fsp3) is 0.562. The first-order chi connectivity index (χ1) is 10.1. The molecule has 0 radical (unpaired) electrons. The van der Waals surface area contributed by atoms with Gasteiger partial charge in [-0.15, -0.1) is 12.4 Å². The van der Waals surface area contributed by atoms with Crippen LogP contribution in [-0.4, -0.2) is 37.0 Å². The zero-order chi connectivity index (χ0) is 14.9. The first kappa shape index (κ1) is 17.2. The molecule has 22 heavy (non-hydrogen) atoms. The molecule has 0 bridgehead atoms. The van der Waals surface area contributed by atoms with Crippen molar-refractivity contribution in [2.45, 2.75) is 25.7 Å². The Morgan fingerprint density at radius 2 is 1.95 bits per heavy atom. The predicted octanol–water partition coefficient (Wildman–Crippen LogP) is 2.53. The van der Waals surface area contributed by atoms with Gasteiger partial charge in [-0.25, -0.2) is 8.78 Å². The van der Waals surface area contributed by atoms with Gasteiger partial charge in [0.1, 0.15) is 11.6 Å². The van der Waals surface area contributed by atoms with E-state index in [2.05, 4.69) is 5.32 Å². The Balaban J connectivity index is 0.00000176. The van der Waals surface area contributed by atoms with Crippen molar-refractivity contribution in [2.75, 3.05) is 26.2 Å². The van der Waals surface area contributed by atoms with E-state index in [1.54, 1.807) is 4.90 Å². The van der Waals surface area contributed by atoms with Gasteiger partial charge in [0.05, 0.1) is 6.42 Å². The van der Waals surface area contributed by atoms with Crippen molar-refractivity contribution in [2.24, 2.45) is 5.41 Å². The number of likely N-dealkylation sites (tertiary alicyclic amines) is 1. The minimum absolute atomic E-state index is 0. The molecule has 2 fully saturated rings. The number of hydrogen-bond acceptors (Lipinski definition) is 2. The van der Waals surface area contributed by atoms with Crippen molar-refractivity contribution in [3.05, 3.63) is 35.4 Å². The van der Waals surface area contributed by atoms with E-state index in [0.717, 1.165) is 57.2 Å². The predicted molar refractivity (Wildman–Crippen MR) is 83.0 cm³/mol. The number of hydrogen-bond donors (Lipinski definition) is 1. The Hall–Kier alpha value is -1.20. The van der Waals surface area contributed by atoms with Crippen LogP contribution in [-0.2, 0) is 11.2 Å². The van der Waals surface area contributed by atoms with Crippen molar-refractivity contribution >= 4 is 18.3 Å². The highest BCUT2D eigenvalue weighted by Gasteiger charge is 2.37. The average molecular weight is 331 g/mol. The minimum atomic E-state index is -0.516. The topological polar surface area (TPSA) is 32.3 Å². The number of carbonyl (C=O) groups excluding carboxylic acids is 1. The second kappa shape index (κ2) is 6.92. The fourth-order valence-electron chi connectivity index (χ4n) is 3.41. The molecule has 0 unspecified atom stereocenters. The lowest BCUT2D eigenvalue weighted by molar-refractivity contribution is -0.132. The van der Waals surface area contributed by atoms with Gasteiger partial charge in [-0.1, -0.05) is 0 Å². The first-order valence-electron chi connectivity index (χ1n) is 7.50. The molecular weight excluding hydrogens is 310 g/mol. The summed E-state index contributed by atoms with van der Waals surface area (Å²) < 4.78 is 26.7. The van der Waals surface area contributed by atoms with Gasteiger partial charge in [-0.2, -0.15) is 0 Å². The summed E-state index contributed by atoms with van der Waals surface area (Å²) in [7, 11) is 0. The highest BCUT2D eigenvalue weighted by molar-refractivity contribution is 5.85. The van der Waals surface area contributed by atoms with Gasteiger partial charge in [-0.05, 0) is 49.4 Å². The van der Waals surface area contributed by atoms with Crippen molar-refractivity contribution < 1.29 is 13.6 Å². The van der Waals surface area contributed by atoms with Crippen LogP contribution < -0.4 is 5.32 Å². The normalized spacial score (nSPS) is 20.0. The molecule has 1 spiro atoms. The van der Waals surface area contributed by atoms with E-state index in [1.807, 2.05) is 0 Å². The summed E-state index contributed by atoms with van der Waals surface area (Å²) >= 11 is 0. The highest BCUT2D eigenvalue weighted by Crippen LogP contribution is 2.37. The Kier molecular flexibility index (Phi) is 5.40. The Labute approximate surface area is 135 Å². The molecule has 2 aliphatic heterocycles. The van der Waals surface area contributed by atoms with Gasteiger partial charge in [-0.3, -0.25) is 4.79 Å². The monoisotopic (exact) mass is 330 g/mol. The van der Waals surface area contributed by atoms with Crippen LogP contribution in [0.25, 0.3) is 0 Å². The molecule has 0 aliphatic carbocycles. The summed E-state index contributed by atoms with van der Waals surface area (Å²) in [6.07, 6.45) is 3.11. The second-order valence-electron chi connectivity index (χ2n) is 6.22. The van der Waals surface area contributed by atoms with Crippen LogP contribution in [0.2, 0.25) is 0 Å². The van der Waals surface area contributed by atoms with Crippen LogP contribution in [0.3, 0.4) is 0 Å². The van der Waals surface area contributed by atoms with E-state index < -0.39 is 11.6 Å². The lowest BCUT2D eigenvalue weighted by Crippen LogP contribution is -2.44. The molecule has 0 atom stereocenters. The number of halogens is 3. The Morgan fingerprint density at radius 1 is 1.23 bits per heavy atom. The van der Waals surface area contributed by atoms with Crippen LogP contribution in [0.5, 0.6) is 0 Å². The quantitative estimate of drug-likeness (QED) is 0.903. The van der Waals surface area contributed by atoms with Crippen LogP contribution in [0.15, 0.2) is 18.2 Å². The third-order valence-electron chi connectivity index (χ3n) is 4.86. The van der Waals surface area contributed by atoms with Crippen molar-refractivity contribution in [1.82, 2.24) is 10.2 Å². The molecule has 3 nitrogen and oxygen atoms in total. The molecule has 2 saturated heterocycles. The smallest absolute Gasteiger partial charge is 0.227 e. The zero-order valence-corrected chi connectivity index (χ0v) is 13.2. The maximum atomic E-state index is 13.6. The van der Waals surface area contributed by atoms with Crippen molar-refractivity contribution in [3.63, 3.8) is 0 Å². The van der Waals surface area contributed by atoms with Crippen LogP contribution in [0.4, 0.5) is 8.78 Å². The number of nitrogens with one attached hydrogen (secondary N) is 1. The van der Waals surface area contributed by atoms with Crippen LogP contribution >= 0.6 is 12.4 Å². The molecule has 122 valence electrons. The van der Waals surface area contributed by atoms with Crippen LogP contribution in [0.1, 0.15) is 24.8 Å². The highest BCUT2D eigenvalue weighted by atomic mass is 35.5. The van der Waals surface area contributed by atoms with Crippen molar-refractivity contribution in [3.8, 4) is 0 Å². The number of piperidine rings is 1. The number of amides is 1. The summed E-state index contributed by atoms with van der Waals surface area (Å²) in [5.74, 6) is -1.13. The minimum Gasteiger partial charge on any atom is -0.342 e. The molecule has 2 heterocycles. The van der Waals surface area contributed by atoms with E-state index in [1.165, 1.54) is 6.42 Å². The summed E-state index contributed by atoms with van der Waals surface area (Å²) in [4.78, 5) is 14.0. The third kappa shape index (κ3) is 3.58. The number of carbonyl (C=O) groups is 1. The van der Waals surface area contributed by atoms with Gasteiger partial charge in [0.2, 0.25) is 5.91 Å². The molecule has 1 aromatic carbocycles. The molecule has 0 aromatic heterocycles. The van der Waals surface area contributed by atoms with Gasteiger partial charge >= 0.3 is 0 Å². The SMILES string of the molecule is Cl.O=C(Cc1cc(F)ccc1F)N1CCC2(CCNC2)CC1. The first-order valence-corrected chi connectivity index (χ1v) is 7.50. The van der Waals surface area contributed by atoms with Crippen molar-refractivity contribution in [1.29, 1.82) is 0 Å². The maximum Gasteiger partial charge on any atom is 0.227 e. The largest absolute Gasteiger partial charge is 0.342 e. The maximum absolute atomic E-state index is 13.6. The Bertz CT molecular complexity index is 537. The van der Waals surface area contributed by atoms with Crippen LogP contribution in [0, 0.1) is 17.0 Å². The molecular formula is C16H21ClF2N2O. The Morgan fingerprint density at radius 3 is 2.59 bits per heavy atom. The molecule has 2 aliphatic rings. The third-order valence-corrected chi connectivity index (χ3v) is 4.86. The van der Waals surface area contributed by atoms with E-state index in [0.29, 0.717) is 5.41 Å². The number of nitrogens with zero attached hydrogens (tertiary/aromatic N) is 1. The van der Waals surface area contributed by atoms with E-state index in [9.17, 15) is 13.6 Å². The molecule has 1 amide bonds. The lowest BCUT2D eigenvalue weighted by atomic mass is 9.78. The standard InChI is InChI=1S/C16H20F2N2O.ClH/c17-13-1-2-14(18)12(9-13)10-15(21)20-7-4-16(5-8-20)3-6-19-11-16;/h1-2,9,19H,3-8,10-11H2;1H. The average Bonchev–Trinajstić information content (AvgIpc) is 2.92. The second-order valence-corrected chi connectivity index (χ2v) is 6.22. The molecule has 1 aromatic rings. The zero-order valence-electron chi connectivity index (χ0n) is 12.4. The summed E-state index contributed by atoms with van der Waals surface area (Å²) in [5.41, 5.74) is 0.490. The van der Waals surface area contributed by atoms with E-state index >= 15 is 0 Å². The van der Waals surface area contributed by atoms with Gasteiger partial charge in [0.15, 0.2) is 0 Å². The van der Waals surface area contributed by atoms with Gasteiger partial charge in [0.25, 0.3) is 0 Å². The molecule has 3 rings (SSSR count). The number of rotatable bonds is 2. The summed E-state index contributed by atoms with van der Waals surface area (Å²) in [6, 6.07) is 3.26. The van der Waals surface area contributed by atoms with E-state index in [4.69, 9.17) is 0 Å². The van der Waals surface area contributed by atoms with E-state index in [-0.39, 0.29) is 30.3 Å². The molecule has 1 N–H and O–H groups in total. The fourth-order valence-corrected chi connectivity index (χ4v) is 3.41. The van der Waals surface area contributed by atoms with Gasteiger partial charge in [0, 0.05) is 25.2 Å².